The lowest BCUT2D eigenvalue weighted by atomic mass is 10.1. The molecule has 1 aliphatic rings. The number of halogens is 2. The number of morpholine rings is 1. The molecule has 0 bridgehead atoms. The van der Waals surface area contributed by atoms with Gasteiger partial charge in [-0.15, -0.1) is 0 Å². The fraction of sp³-hybridized carbons (Fsp3) is 0.391. The van der Waals surface area contributed by atoms with Crippen molar-refractivity contribution in [1.29, 1.82) is 0 Å². The average molecular weight is 461 g/mol. The molecule has 0 spiro atoms. The lowest BCUT2D eigenvalue weighted by Gasteiger charge is -2.26. The Balaban J connectivity index is 1.56. The number of rotatable bonds is 8. The third kappa shape index (κ3) is 5.03. The van der Waals surface area contributed by atoms with Gasteiger partial charge in [-0.3, -0.25) is 4.90 Å². The number of benzene rings is 2. The maximum Gasteiger partial charge on any atom is 0.165 e. The Morgan fingerprint density at radius 2 is 2.03 bits per heavy atom. The highest BCUT2D eigenvalue weighted by molar-refractivity contribution is 6.31. The molecule has 1 N–H and O–H groups in total. The van der Waals surface area contributed by atoms with Crippen molar-refractivity contribution in [2.45, 2.75) is 13.3 Å². The van der Waals surface area contributed by atoms with Gasteiger partial charge in [-0.05, 0) is 37.6 Å². The molecule has 0 radical (unpaired) electrons. The number of fused-ring (bicyclic) bond motifs is 1. The second kappa shape index (κ2) is 10.3. The van der Waals surface area contributed by atoms with Gasteiger partial charge in [0.2, 0.25) is 0 Å². The van der Waals surface area contributed by atoms with Gasteiger partial charge in [0.1, 0.15) is 18.0 Å². The quantitative estimate of drug-likeness (QED) is 0.493. The minimum Gasteiger partial charge on any atom is -0.493 e. The fourth-order valence-electron chi connectivity index (χ4n) is 3.79. The van der Waals surface area contributed by atoms with E-state index in [0.717, 1.165) is 55.7 Å². The van der Waals surface area contributed by atoms with E-state index in [0.29, 0.717) is 29.6 Å². The van der Waals surface area contributed by atoms with Gasteiger partial charge < -0.3 is 19.5 Å². The van der Waals surface area contributed by atoms with Crippen LogP contribution in [0, 0.1) is 12.7 Å². The number of aryl methyl sites for hydroxylation is 1. The Kier molecular flexibility index (Phi) is 7.24. The molecule has 1 aromatic heterocycles. The normalized spacial score (nSPS) is 14.5. The molecule has 0 unspecified atom stereocenters. The second-order valence-electron chi connectivity index (χ2n) is 7.56. The number of hydrogen-bond acceptors (Lipinski definition) is 7. The molecule has 9 heteroatoms. The SMILES string of the molecule is COc1c(OCCCN2CCOCC2)cc2c(Nc3ccc(F)c(Cl)c3)ncnc2c1C. The average Bonchev–Trinajstić information content (AvgIpc) is 2.80. The Labute approximate surface area is 191 Å². The van der Waals surface area contributed by atoms with Crippen LogP contribution in [-0.2, 0) is 4.74 Å². The first kappa shape index (κ1) is 22.5. The van der Waals surface area contributed by atoms with E-state index in [9.17, 15) is 4.39 Å². The summed E-state index contributed by atoms with van der Waals surface area (Å²) in [5.41, 5.74) is 2.22. The Morgan fingerprint density at radius 3 is 2.78 bits per heavy atom. The van der Waals surface area contributed by atoms with Gasteiger partial charge in [0.15, 0.2) is 11.5 Å². The maximum absolute atomic E-state index is 13.5. The second-order valence-corrected chi connectivity index (χ2v) is 7.97. The van der Waals surface area contributed by atoms with E-state index in [4.69, 9.17) is 25.8 Å². The molecule has 0 saturated carbocycles. The Bertz CT molecular complexity index is 1090. The number of nitrogens with one attached hydrogen (secondary N) is 1. The van der Waals surface area contributed by atoms with Crippen LogP contribution in [0.4, 0.5) is 15.9 Å². The zero-order chi connectivity index (χ0) is 22.5. The van der Waals surface area contributed by atoms with Gasteiger partial charge in [-0.1, -0.05) is 11.6 Å². The zero-order valence-electron chi connectivity index (χ0n) is 18.2. The zero-order valence-corrected chi connectivity index (χ0v) is 18.9. The van der Waals surface area contributed by atoms with Crippen LogP contribution in [0.2, 0.25) is 5.02 Å². The number of ether oxygens (including phenoxy) is 3. The van der Waals surface area contributed by atoms with Crippen molar-refractivity contribution in [2.24, 2.45) is 0 Å². The summed E-state index contributed by atoms with van der Waals surface area (Å²) in [7, 11) is 1.62. The van der Waals surface area contributed by atoms with Crippen LogP contribution in [0.15, 0.2) is 30.6 Å². The van der Waals surface area contributed by atoms with Crippen LogP contribution < -0.4 is 14.8 Å². The number of hydrogen-bond donors (Lipinski definition) is 1. The van der Waals surface area contributed by atoms with Crippen molar-refractivity contribution in [1.82, 2.24) is 14.9 Å². The van der Waals surface area contributed by atoms with Crippen molar-refractivity contribution in [3.05, 3.63) is 47.0 Å². The molecule has 1 saturated heterocycles. The standard InChI is InChI=1S/C23H26ClFN4O3/c1-15-21-17(23(27-14-26-21)28-16-4-5-19(25)18(24)12-16)13-20(22(15)30-2)32-9-3-6-29-7-10-31-11-8-29/h4-5,12-14H,3,6-11H2,1-2H3,(H,26,27,28). The Morgan fingerprint density at radius 1 is 1.22 bits per heavy atom. The van der Waals surface area contributed by atoms with E-state index in [1.165, 1.54) is 18.5 Å². The lowest BCUT2D eigenvalue weighted by molar-refractivity contribution is 0.0357. The van der Waals surface area contributed by atoms with Gasteiger partial charge in [-0.2, -0.15) is 0 Å². The third-order valence-corrected chi connectivity index (χ3v) is 5.73. The van der Waals surface area contributed by atoms with E-state index < -0.39 is 5.82 Å². The van der Waals surface area contributed by atoms with Crippen molar-refractivity contribution in [2.75, 3.05) is 51.9 Å². The number of anilines is 2. The van der Waals surface area contributed by atoms with Crippen molar-refractivity contribution in [3.63, 3.8) is 0 Å². The van der Waals surface area contributed by atoms with Crippen LogP contribution in [0.1, 0.15) is 12.0 Å². The van der Waals surface area contributed by atoms with Crippen molar-refractivity contribution >= 4 is 34.0 Å². The third-order valence-electron chi connectivity index (χ3n) is 5.45. The summed E-state index contributed by atoms with van der Waals surface area (Å²) in [6.07, 6.45) is 2.37. The predicted molar refractivity (Wildman–Crippen MR) is 123 cm³/mol. The van der Waals surface area contributed by atoms with Gasteiger partial charge in [0.05, 0.1) is 37.5 Å². The molecule has 7 nitrogen and oxygen atoms in total. The molecular formula is C23H26ClFN4O3. The molecule has 1 aliphatic heterocycles. The summed E-state index contributed by atoms with van der Waals surface area (Å²) < 4.78 is 30.7. The first-order chi connectivity index (χ1) is 15.6. The first-order valence-corrected chi connectivity index (χ1v) is 10.9. The molecular weight excluding hydrogens is 435 g/mol. The van der Waals surface area contributed by atoms with E-state index in [2.05, 4.69) is 20.2 Å². The molecule has 0 atom stereocenters. The first-order valence-electron chi connectivity index (χ1n) is 10.5. The fourth-order valence-corrected chi connectivity index (χ4v) is 3.97. The van der Waals surface area contributed by atoms with Crippen LogP contribution in [-0.4, -0.2) is 61.4 Å². The molecule has 1 fully saturated rings. The number of methoxy groups -OCH3 is 1. The highest BCUT2D eigenvalue weighted by Crippen LogP contribution is 2.38. The van der Waals surface area contributed by atoms with Gasteiger partial charge in [0.25, 0.3) is 0 Å². The van der Waals surface area contributed by atoms with E-state index in [1.807, 2.05) is 13.0 Å². The number of nitrogens with zero attached hydrogens (tertiary/aromatic N) is 3. The predicted octanol–water partition coefficient (Wildman–Crippen LogP) is 4.58. The molecule has 0 amide bonds. The summed E-state index contributed by atoms with van der Waals surface area (Å²) in [5, 5.41) is 4.01. The lowest BCUT2D eigenvalue weighted by Crippen LogP contribution is -2.37. The van der Waals surface area contributed by atoms with Crippen LogP contribution in [0.25, 0.3) is 10.9 Å². The van der Waals surface area contributed by atoms with Gasteiger partial charge in [-0.25, -0.2) is 14.4 Å². The van der Waals surface area contributed by atoms with E-state index in [1.54, 1.807) is 13.2 Å². The highest BCUT2D eigenvalue weighted by Gasteiger charge is 2.17. The molecule has 170 valence electrons. The summed E-state index contributed by atoms with van der Waals surface area (Å²) in [4.78, 5) is 11.2. The maximum atomic E-state index is 13.5. The van der Waals surface area contributed by atoms with E-state index in [-0.39, 0.29) is 5.02 Å². The topological polar surface area (TPSA) is 68.7 Å². The summed E-state index contributed by atoms with van der Waals surface area (Å²) in [6.45, 7) is 6.94. The summed E-state index contributed by atoms with van der Waals surface area (Å²) in [6, 6.07) is 6.31. The number of aromatic nitrogens is 2. The smallest absolute Gasteiger partial charge is 0.165 e. The monoisotopic (exact) mass is 460 g/mol. The molecule has 2 heterocycles. The summed E-state index contributed by atoms with van der Waals surface area (Å²) in [5.74, 6) is 1.38. The molecule has 2 aromatic carbocycles. The largest absolute Gasteiger partial charge is 0.493 e. The minimum absolute atomic E-state index is 0.0375. The molecule has 3 aromatic rings. The van der Waals surface area contributed by atoms with Gasteiger partial charge in [0, 0.05) is 36.3 Å². The van der Waals surface area contributed by atoms with Crippen LogP contribution in [0.5, 0.6) is 11.5 Å². The van der Waals surface area contributed by atoms with Crippen LogP contribution in [0.3, 0.4) is 0 Å². The van der Waals surface area contributed by atoms with Crippen molar-refractivity contribution < 1.29 is 18.6 Å². The van der Waals surface area contributed by atoms with Crippen molar-refractivity contribution in [3.8, 4) is 11.5 Å². The van der Waals surface area contributed by atoms with Crippen LogP contribution >= 0.6 is 11.6 Å². The van der Waals surface area contributed by atoms with E-state index >= 15 is 0 Å². The Hall–Kier alpha value is -2.68. The molecule has 32 heavy (non-hydrogen) atoms. The van der Waals surface area contributed by atoms with Gasteiger partial charge >= 0.3 is 0 Å². The molecule has 4 rings (SSSR count). The minimum atomic E-state index is -0.474. The summed E-state index contributed by atoms with van der Waals surface area (Å²) >= 11 is 5.92. The highest BCUT2D eigenvalue weighted by atomic mass is 35.5. The molecule has 0 aliphatic carbocycles.